The predicted octanol–water partition coefficient (Wildman–Crippen LogP) is 2.75. The monoisotopic (exact) mass is 438 g/mol. The number of imide groups is 1. The highest BCUT2D eigenvalue weighted by Gasteiger charge is 2.51. The van der Waals surface area contributed by atoms with Gasteiger partial charge in [-0.15, -0.1) is 0 Å². The smallest absolute Gasteiger partial charge is 0.410 e. The van der Waals surface area contributed by atoms with Crippen molar-refractivity contribution < 1.29 is 28.6 Å². The van der Waals surface area contributed by atoms with Gasteiger partial charge in [0.2, 0.25) is 5.91 Å². The summed E-state index contributed by atoms with van der Waals surface area (Å²) in [6.07, 6.45) is 0.204. The van der Waals surface area contributed by atoms with Crippen molar-refractivity contribution in [3.63, 3.8) is 0 Å². The molecule has 8 nitrogen and oxygen atoms in total. The maximum Gasteiger partial charge on any atom is 0.410 e. The van der Waals surface area contributed by atoms with Crippen LogP contribution in [0.3, 0.4) is 0 Å². The summed E-state index contributed by atoms with van der Waals surface area (Å²) >= 11 is 0. The first kappa shape index (κ1) is 21.8. The molecule has 2 aliphatic heterocycles. The van der Waals surface area contributed by atoms with Crippen LogP contribution in [-0.2, 0) is 32.3 Å². The molecule has 2 aromatic rings. The lowest BCUT2D eigenvalue weighted by atomic mass is 10.1. The Morgan fingerprint density at radius 3 is 2.41 bits per heavy atom. The van der Waals surface area contributed by atoms with Gasteiger partial charge in [-0.25, -0.2) is 4.79 Å². The van der Waals surface area contributed by atoms with Crippen LogP contribution in [0.2, 0.25) is 0 Å². The Kier molecular flexibility index (Phi) is 6.70. The van der Waals surface area contributed by atoms with Crippen molar-refractivity contribution in [3.05, 3.63) is 65.7 Å². The van der Waals surface area contributed by atoms with Crippen LogP contribution in [0.25, 0.3) is 0 Å². The molecule has 8 heteroatoms. The lowest BCUT2D eigenvalue weighted by Crippen LogP contribution is -2.43. The minimum atomic E-state index is -0.459. The van der Waals surface area contributed by atoms with E-state index in [4.69, 9.17) is 14.2 Å². The van der Waals surface area contributed by atoms with Gasteiger partial charge in [0, 0.05) is 13.0 Å². The lowest BCUT2D eigenvalue weighted by molar-refractivity contribution is -0.147. The summed E-state index contributed by atoms with van der Waals surface area (Å²) in [6, 6.07) is 16.1. The molecule has 3 amide bonds. The van der Waals surface area contributed by atoms with Crippen molar-refractivity contribution >= 4 is 17.9 Å². The molecule has 32 heavy (non-hydrogen) atoms. The zero-order valence-electron chi connectivity index (χ0n) is 17.9. The molecule has 2 aromatic carbocycles. The normalized spacial score (nSPS) is 19.7. The standard InChI is InChI=1S/C24H26N2O6/c1-30-19-9-7-18(8-10-19)14-31-16-23(28)26-20-11-12-25(21(20)13-22(26)27)24(29)32-15-17-5-3-2-4-6-17/h2-10,20-21H,11-16H2,1H3/t20-,21+/m0/s1. The Balaban J connectivity index is 1.29. The van der Waals surface area contributed by atoms with Crippen LogP contribution in [0.1, 0.15) is 24.0 Å². The first-order valence-corrected chi connectivity index (χ1v) is 10.6. The van der Waals surface area contributed by atoms with Crippen LogP contribution >= 0.6 is 0 Å². The highest BCUT2D eigenvalue weighted by atomic mass is 16.6. The predicted molar refractivity (Wildman–Crippen MR) is 115 cm³/mol. The summed E-state index contributed by atoms with van der Waals surface area (Å²) < 4.78 is 16.1. The number of nitrogens with zero attached hydrogens (tertiary/aromatic N) is 2. The largest absolute Gasteiger partial charge is 0.497 e. The first-order chi connectivity index (χ1) is 15.6. The van der Waals surface area contributed by atoms with Crippen LogP contribution < -0.4 is 4.74 Å². The average molecular weight is 438 g/mol. The minimum Gasteiger partial charge on any atom is -0.497 e. The minimum absolute atomic E-state index is 0.120. The van der Waals surface area contributed by atoms with E-state index >= 15 is 0 Å². The second kappa shape index (κ2) is 9.82. The number of carbonyl (C=O) groups is 3. The van der Waals surface area contributed by atoms with Gasteiger partial charge in [-0.1, -0.05) is 42.5 Å². The molecule has 0 unspecified atom stereocenters. The van der Waals surface area contributed by atoms with Crippen molar-refractivity contribution in [2.45, 2.75) is 38.1 Å². The van der Waals surface area contributed by atoms with E-state index in [0.717, 1.165) is 16.9 Å². The molecule has 168 valence electrons. The number of carbonyl (C=O) groups excluding carboxylic acids is 3. The quantitative estimate of drug-likeness (QED) is 0.661. The van der Waals surface area contributed by atoms with E-state index in [1.807, 2.05) is 54.6 Å². The molecule has 2 aliphatic rings. The van der Waals surface area contributed by atoms with E-state index < -0.39 is 6.09 Å². The number of benzene rings is 2. The van der Waals surface area contributed by atoms with Crippen molar-refractivity contribution in [1.82, 2.24) is 9.80 Å². The molecule has 2 fully saturated rings. The van der Waals surface area contributed by atoms with Crippen molar-refractivity contribution in [1.29, 1.82) is 0 Å². The van der Waals surface area contributed by atoms with Crippen LogP contribution in [0, 0.1) is 0 Å². The third-order valence-corrected chi connectivity index (χ3v) is 5.86. The first-order valence-electron chi connectivity index (χ1n) is 10.6. The number of fused-ring (bicyclic) bond motifs is 1. The number of amides is 3. The van der Waals surface area contributed by atoms with Gasteiger partial charge in [0.05, 0.1) is 25.8 Å². The summed E-state index contributed by atoms with van der Waals surface area (Å²) in [5.74, 6) is 0.0840. The van der Waals surface area contributed by atoms with E-state index in [2.05, 4.69) is 0 Å². The Morgan fingerprint density at radius 1 is 0.969 bits per heavy atom. The second-order valence-electron chi connectivity index (χ2n) is 7.86. The molecule has 0 aliphatic carbocycles. The number of likely N-dealkylation sites (tertiary alicyclic amines) is 2. The fourth-order valence-corrected chi connectivity index (χ4v) is 4.25. The third kappa shape index (κ3) is 4.75. The van der Waals surface area contributed by atoms with Gasteiger partial charge in [-0.3, -0.25) is 14.5 Å². The SMILES string of the molecule is COc1ccc(COCC(=O)N2C(=O)C[C@@H]3[C@@H]2CCN3C(=O)OCc2ccccc2)cc1. The highest BCUT2D eigenvalue weighted by molar-refractivity contribution is 5.99. The second-order valence-corrected chi connectivity index (χ2v) is 7.86. The maximum absolute atomic E-state index is 12.7. The van der Waals surface area contributed by atoms with Crippen LogP contribution in [0.5, 0.6) is 5.75 Å². The lowest BCUT2D eigenvalue weighted by Gasteiger charge is -2.24. The zero-order valence-corrected chi connectivity index (χ0v) is 17.9. The highest BCUT2D eigenvalue weighted by Crippen LogP contribution is 2.33. The Bertz CT molecular complexity index is 962. The number of methoxy groups -OCH3 is 1. The number of rotatable bonds is 7. The Hall–Kier alpha value is -3.39. The fourth-order valence-electron chi connectivity index (χ4n) is 4.25. The summed E-state index contributed by atoms with van der Waals surface area (Å²) in [7, 11) is 1.59. The summed E-state index contributed by atoms with van der Waals surface area (Å²) in [5, 5.41) is 0. The van der Waals surface area contributed by atoms with Gasteiger partial charge in [0.1, 0.15) is 19.0 Å². The maximum atomic E-state index is 12.7. The van der Waals surface area contributed by atoms with E-state index in [0.29, 0.717) is 13.0 Å². The molecule has 2 atom stereocenters. The van der Waals surface area contributed by atoms with Crippen LogP contribution in [0.15, 0.2) is 54.6 Å². The Morgan fingerprint density at radius 2 is 1.69 bits per heavy atom. The molecular formula is C24H26N2O6. The molecular weight excluding hydrogens is 412 g/mol. The zero-order chi connectivity index (χ0) is 22.5. The van der Waals surface area contributed by atoms with Crippen molar-refractivity contribution in [3.8, 4) is 5.75 Å². The van der Waals surface area contributed by atoms with Crippen LogP contribution in [-0.4, -0.2) is 60.1 Å². The van der Waals surface area contributed by atoms with E-state index in [9.17, 15) is 14.4 Å². The number of hydrogen-bond acceptors (Lipinski definition) is 6. The van der Waals surface area contributed by atoms with Crippen molar-refractivity contribution in [2.75, 3.05) is 20.3 Å². The molecule has 0 radical (unpaired) electrons. The van der Waals surface area contributed by atoms with E-state index in [1.165, 1.54) is 4.90 Å². The molecule has 0 N–H and O–H groups in total. The summed E-state index contributed by atoms with van der Waals surface area (Å²) in [6.45, 7) is 0.680. The van der Waals surface area contributed by atoms with Gasteiger partial charge in [-0.05, 0) is 29.7 Å². The third-order valence-electron chi connectivity index (χ3n) is 5.86. The summed E-state index contributed by atoms with van der Waals surface area (Å²) in [5.41, 5.74) is 1.79. The molecule has 0 spiro atoms. The van der Waals surface area contributed by atoms with Gasteiger partial charge in [-0.2, -0.15) is 0 Å². The number of hydrogen-bond donors (Lipinski definition) is 0. The molecule has 2 heterocycles. The van der Waals surface area contributed by atoms with Crippen molar-refractivity contribution in [2.24, 2.45) is 0 Å². The van der Waals surface area contributed by atoms with Gasteiger partial charge in [0.15, 0.2) is 0 Å². The van der Waals surface area contributed by atoms with E-state index in [1.54, 1.807) is 12.0 Å². The molecule has 0 aromatic heterocycles. The molecule has 4 rings (SSSR count). The fraction of sp³-hybridized carbons (Fsp3) is 0.375. The van der Waals surface area contributed by atoms with Gasteiger partial charge < -0.3 is 19.1 Å². The molecule has 0 saturated carbocycles. The van der Waals surface area contributed by atoms with Gasteiger partial charge in [0.25, 0.3) is 5.91 Å². The average Bonchev–Trinajstić information content (AvgIpc) is 3.36. The van der Waals surface area contributed by atoms with Crippen LogP contribution in [0.4, 0.5) is 4.79 Å². The number of ether oxygens (including phenoxy) is 3. The Labute approximate surface area is 186 Å². The summed E-state index contributed by atoms with van der Waals surface area (Å²) in [4.78, 5) is 40.6. The molecule has 0 bridgehead atoms. The topological polar surface area (TPSA) is 85.4 Å². The van der Waals surface area contributed by atoms with Gasteiger partial charge >= 0.3 is 6.09 Å². The molecule has 2 saturated heterocycles. The van der Waals surface area contributed by atoms with E-state index in [-0.39, 0.29) is 50.1 Å².